The summed E-state index contributed by atoms with van der Waals surface area (Å²) in [6, 6.07) is 5.63. The lowest BCUT2D eigenvalue weighted by molar-refractivity contribution is -0.133. The van der Waals surface area contributed by atoms with Crippen LogP contribution >= 0.6 is 0 Å². The molecular formula is C15H20N2O3. The second-order valence-corrected chi connectivity index (χ2v) is 5.50. The highest BCUT2D eigenvalue weighted by molar-refractivity contribution is 5.89. The lowest BCUT2D eigenvalue weighted by Gasteiger charge is -2.29. The number of ether oxygens (including phenoxy) is 1. The van der Waals surface area contributed by atoms with E-state index in [1.165, 1.54) is 0 Å². The van der Waals surface area contributed by atoms with Crippen molar-refractivity contribution in [1.82, 2.24) is 5.32 Å². The van der Waals surface area contributed by atoms with Crippen molar-refractivity contribution in [2.45, 2.75) is 20.8 Å². The summed E-state index contributed by atoms with van der Waals surface area (Å²) < 4.78 is 5.21. The summed E-state index contributed by atoms with van der Waals surface area (Å²) in [7, 11) is 0. The molecule has 1 aliphatic rings. The van der Waals surface area contributed by atoms with Crippen LogP contribution in [0.25, 0.3) is 0 Å². The van der Waals surface area contributed by atoms with Gasteiger partial charge in [0, 0.05) is 6.54 Å². The Kier molecular flexibility index (Phi) is 4.27. The van der Waals surface area contributed by atoms with Crippen LogP contribution in [0.15, 0.2) is 18.2 Å². The molecule has 5 heteroatoms. The van der Waals surface area contributed by atoms with Gasteiger partial charge in [-0.05, 0) is 30.5 Å². The summed E-state index contributed by atoms with van der Waals surface area (Å²) in [6.07, 6.45) is 0. The Morgan fingerprint density at radius 1 is 1.45 bits per heavy atom. The number of esters is 1. The average molecular weight is 276 g/mol. The van der Waals surface area contributed by atoms with Crippen molar-refractivity contribution < 1.29 is 14.3 Å². The van der Waals surface area contributed by atoms with E-state index in [4.69, 9.17) is 4.74 Å². The molecule has 0 aliphatic carbocycles. The molecule has 108 valence electrons. The van der Waals surface area contributed by atoms with E-state index in [-0.39, 0.29) is 25.0 Å². The van der Waals surface area contributed by atoms with Gasteiger partial charge in [0.15, 0.2) is 5.75 Å². The number of nitrogens with zero attached hydrogens (tertiary/aromatic N) is 1. The van der Waals surface area contributed by atoms with Crippen molar-refractivity contribution in [2.75, 3.05) is 24.5 Å². The number of nitrogens with one attached hydrogen (secondary N) is 1. The number of amides is 1. The third kappa shape index (κ3) is 3.50. The van der Waals surface area contributed by atoms with Gasteiger partial charge in [-0.15, -0.1) is 0 Å². The molecule has 1 aliphatic heterocycles. The summed E-state index contributed by atoms with van der Waals surface area (Å²) >= 11 is 0. The molecule has 2 rings (SSSR count). The van der Waals surface area contributed by atoms with Crippen molar-refractivity contribution in [2.24, 2.45) is 5.92 Å². The first-order valence-corrected chi connectivity index (χ1v) is 6.78. The van der Waals surface area contributed by atoms with Gasteiger partial charge in [0.2, 0.25) is 5.91 Å². The van der Waals surface area contributed by atoms with Crippen molar-refractivity contribution in [3.8, 4) is 5.75 Å². The normalized spacial score (nSPS) is 14.0. The molecule has 0 saturated carbocycles. The van der Waals surface area contributed by atoms with Crippen LogP contribution < -0.4 is 15.0 Å². The molecule has 0 aromatic heterocycles. The fourth-order valence-corrected chi connectivity index (χ4v) is 2.05. The Morgan fingerprint density at radius 3 is 2.90 bits per heavy atom. The topological polar surface area (TPSA) is 58.6 Å². The van der Waals surface area contributed by atoms with Crippen LogP contribution in [-0.2, 0) is 9.59 Å². The first kappa shape index (κ1) is 14.4. The van der Waals surface area contributed by atoms with Gasteiger partial charge in [0.1, 0.15) is 6.54 Å². The Balaban J connectivity index is 2.09. The lowest BCUT2D eigenvalue weighted by Crippen LogP contribution is -2.44. The van der Waals surface area contributed by atoms with Gasteiger partial charge in [0.25, 0.3) is 0 Å². The predicted octanol–water partition coefficient (Wildman–Crippen LogP) is 1.49. The summed E-state index contributed by atoms with van der Waals surface area (Å²) in [5.74, 6) is 0.512. The maximum atomic E-state index is 11.9. The molecular weight excluding hydrogens is 256 g/mol. The number of anilines is 1. The molecule has 0 bridgehead atoms. The number of hydrogen-bond donors (Lipinski definition) is 1. The smallest absolute Gasteiger partial charge is 0.331 e. The molecule has 1 aromatic carbocycles. The first-order chi connectivity index (χ1) is 9.45. The number of aryl methyl sites for hydroxylation is 1. The highest BCUT2D eigenvalue weighted by Gasteiger charge is 2.25. The molecule has 5 nitrogen and oxygen atoms in total. The second kappa shape index (κ2) is 5.94. The minimum Gasteiger partial charge on any atom is -0.423 e. The molecule has 1 N–H and O–H groups in total. The molecule has 0 radical (unpaired) electrons. The number of benzene rings is 1. The zero-order valence-corrected chi connectivity index (χ0v) is 12.1. The molecule has 0 unspecified atom stereocenters. The molecule has 0 spiro atoms. The number of hydrogen-bond acceptors (Lipinski definition) is 4. The Hall–Kier alpha value is -2.04. The van der Waals surface area contributed by atoms with Gasteiger partial charge in [-0.25, -0.2) is 4.79 Å². The summed E-state index contributed by atoms with van der Waals surface area (Å²) in [4.78, 5) is 25.2. The summed E-state index contributed by atoms with van der Waals surface area (Å²) in [5.41, 5.74) is 1.80. The van der Waals surface area contributed by atoms with Crippen molar-refractivity contribution >= 4 is 17.6 Å². The minimum absolute atomic E-state index is 0.0834. The standard InChI is InChI=1S/C15H20N2O3/c1-10(2)7-16-14(18)8-17-9-15(19)20-13-6-11(3)4-5-12(13)17/h4-6,10H,7-9H2,1-3H3,(H,16,18). The second-order valence-electron chi connectivity index (χ2n) is 5.50. The van der Waals surface area contributed by atoms with Crippen LogP contribution in [-0.4, -0.2) is 31.5 Å². The number of carbonyl (C=O) groups excluding carboxylic acids is 2. The van der Waals surface area contributed by atoms with Crippen LogP contribution in [0.4, 0.5) is 5.69 Å². The SMILES string of the molecule is Cc1ccc2c(c1)OC(=O)CN2CC(=O)NCC(C)C. The van der Waals surface area contributed by atoms with E-state index in [1.807, 2.05) is 39.0 Å². The van der Waals surface area contributed by atoms with Gasteiger partial charge >= 0.3 is 5.97 Å². The molecule has 0 fully saturated rings. The number of carbonyl (C=O) groups is 2. The Bertz CT molecular complexity index is 526. The fraction of sp³-hybridized carbons (Fsp3) is 0.467. The predicted molar refractivity (Wildman–Crippen MR) is 76.9 cm³/mol. The largest absolute Gasteiger partial charge is 0.423 e. The highest BCUT2D eigenvalue weighted by atomic mass is 16.5. The number of rotatable bonds is 4. The third-order valence-electron chi connectivity index (χ3n) is 3.04. The maximum absolute atomic E-state index is 11.9. The van der Waals surface area contributed by atoms with Crippen molar-refractivity contribution in [1.29, 1.82) is 0 Å². The Labute approximate surface area is 118 Å². The van der Waals surface area contributed by atoms with E-state index in [2.05, 4.69) is 5.32 Å². The molecule has 0 atom stereocenters. The van der Waals surface area contributed by atoms with E-state index in [0.717, 1.165) is 11.3 Å². The molecule has 1 heterocycles. The van der Waals surface area contributed by atoms with Gasteiger partial charge in [-0.1, -0.05) is 19.9 Å². The zero-order valence-electron chi connectivity index (χ0n) is 12.1. The Morgan fingerprint density at radius 2 is 2.20 bits per heavy atom. The van der Waals surface area contributed by atoms with Gasteiger partial charge in [-0.2, -0.15) is 0 Å². The van der Waals surface area contributed by atoms with Gasteiger partial charge in [-0.3, -0.25) is 4.79 Å². The fourth-order valence-electron chi connectivity index (χ4n) is 2.05. The molecule has 1 amide bonds. The van der Waals surface area contributed by atoms with Crippen LogP contribution in [0.1, 0.15) is 19.4 Å². The quantitative estimate of drug-likeness (QED) is 0.668. The average Bonchev–Trinajstić information content (AvgIpc) is 2.35. The minimum atomic E-state index is -0.334. The zero-order chi connectivity index (χ0) is 14.7. The van der Waals surface area contributed by atoms with E-state index in [0.29, 0.717) is 18.2 Å². The maximum Gasteiger partial charge on any atom is 0.331 e. The van der Waals surface area contributed by atoms with Gasteiger partial charge < -0.3 is 15.0 Å². The first-order valence-electron chi connectivity index (χ1n) is 6.78. The van der Waals surface area contributed by atoms with Gasteiger partial charge in [0.05, 0.1) is 12.2 Å². The van der Waals surface area contributed by atoms with Crippen LogP contribution in [0.3, 0.4) is 0 Å². The summed E-state index contributed by atoms with van der Waals surface area (Å²) in [6.45, 7) is 6.91. The van der Waals surface area contributed by atoms with E-state index < -0.39 is 0 Å². The van der Waals surface area contributed by atoms with E-state index in [9.17, 15) is 9.59 Å². The molecule has 0 saturated heterocycles. The van der Waals surface area contributed by atoms with Crippen LogP contribution in [0, 0.1) is 12.8 Å². The summed E-state index contributed by atoms with van der Waals surface area (Å²) in [5, 5.41) is 2.85. The van der Waals surface area contributed by atoms with E-state index in [1.54, 1.807) is 4.90 Å². The third-order valence-corrected chi connectivity index (χ3v) is 3.04. The molecule has 1 aromatic rings. The highest BCUT2D eigenvalue weighted by Crippen LogP contribution is 2.32. The van der Waals surface area contributed by atoms with E-state index >= 15 is 0 Å². The van der Waals surface area contributed by atoms with Crippen LogP contribution in [0.5, 0.6) is 5.75 Å². The lowest BCUT2D eigenvalue weighted by atomic mass is 10.1. The van der Waals surface area contributed by atoms with Crippen molar-refractivity contribution in [3.63, 3.8) is 0 Å². The number of fused-ring (bicyclic) bond motifs is 1. The monoisotopic (exact) mass is 276 g/mol. The van der Waals surface area contributed by atoms with Crippen molar-refractivity contribution in [3.05, 3.63) is 23.8 Å². The molecule has 20 heavy (non-hydrogen) atoms. The van der Waals surface area contributed by atoms with Crippen LogP contribution in [0.2, 0.25) is 0 Å².